The lowest BCUT2D eigenvalue weighted by Crippen LogP contribution is -2.35. The molecule has 103 heavy (non-hydrogen) atoms. The molecule has 11 aromatic heterocycles. The molecule has 16 rings (SSSR count). The van der Waals surface area contributed by atoms with Crippen LogP contribution in [0.1, 0.15) is 98.9 Å². The highest BCUT2D eigenvalue weighted by Crippen LogP contribution is 2.37. The summed E-state index contributed by atoms with van der Waals surface area (Å²) < 4.78 is 18.5. The van der Waals surface area contributed by atoms with Crippen molar-refractivity contribution in [1.82, 2.24) is 84.6 Å². The molecule has 0 spiro atoms. The number of nitrogens with zero attached hydrogens (tertiary/aromatic N) is 17. The van der Waals surface area contributed by atoms with Crippen molar-refractivity contribution >= 4 is 91.6 Å². The van der Waals surface area contributed by atoms with E-state index in [4.69, 9.17) is 39.3 Å². The molecule has 4 atom stereocenters. The third kappa shape index (κ3) is 15.2. The van der Waals surface area contributed by atoms with Gasteiger partial charge in [0.25, 0.3) is 0 Å². The van der Waals surface area contributed by atoms with Crippen LogP contribution in [-0.4, -0.2) is 171 Å². The largest absolute Gasteiger partial charge is 0.497 e. The van der Waals surface area contributed by atoms with E-state index in [9.17, 15) is 19.2 Å². The summed E-state index contributed by atoms with van der Waals surface area (Å²) in [7, 11) is 1.66. The Morgan fingerprint density at radius 1 is 0.456 bits per heavy atom. The van der Waals surface area contributed by atoms with Crippen molar-refractivity contribution in [3.05, 3.63) is 142 Å². The van der Waals surface area contributed by atoms with Crippen LogP contribution < -0.4 is 45.6 Å². The molecule has 4 amide bonds. The third-order valence-electron chi connectivity index (χ3n) is 18.7. The van der Waals surface area contributed by atoms with Crippen molar-refractivity contribution in [3.8, 4) is 49.7 Å². The van der Waals surface area contributed by atoms with E-state index in [-0.39, 0.29) is 47.8 Å². The number of thiophene rings is 1. The quantitative estimate of drug-likeness (QED) is 0.0835. The number of amides is 4. The van der Waals surface area contributed by atoms with Crippen molar-refractivity contribution in [2.24, 2.45) is 0 Å². The number of fused-ring (bicyclic) bond motifs is 4. The Balaban J connectivity index is 0.000000122. The number of benzene rings is 1. The number of carbonyl (C=O) groups is 4. The number of anilines is 4. The van der Waals surface area contributed by atoms with Crippen molar-refractivity contribution in [2.75, 3.05) is 79.1 Å². The Hall–Kier alpha value is -10.8. The number of carbonyl (C=O) groups excluding carboxylic acids is 4. The zero-order valence-corrected chi connectivity index (χ0v) is 62.0. The number of hydrogen-bond acceptors (Lipinski definition) is 21. The second-order valence-corrected chi connectivity index (χ2v) is 28.7. The molecular formula is C74H87N21O6S2. The van der Waals surface area contributed by atoms with Gasteiger partial charge in [0.2, 0.25) is 23.6 Å². The van der Waals surface area contributed by atoms with E-state index in [1.54, 1.807) is 69.9 Å². The summed E-state index contributed by atoms with van der Waals surface area (Å²) in [5, 5.41) is 35.8. The maximum Gasteiger partial charge on any atom is 0.217 e. The fraction of sp³-hybridized carbons (Fsp3) is 0.392. The predicted molar refractivity (Wildman–Crippen MR) is 402 cm³/mol. The van der Waals surface area contributed by atoms with E-state index >= 15 is 0 Å². The van der Waals surface area contributed by atoms with Crippen LogP contribution in [-0.2, 0) is 19.2 Å². The van der Waals surface area contributed by atoms with Crippen molar-refractivity contribution in [1.29, 1.82) is 0 Å². The van der Waals surface area contributed by atoms with Crippen LogP contribution in [0.2, 0.25) is 0 Å². The topological polar surface area (TPSA) is 285 Å². The Bertz CT molecular complexity index is 4710. The van der Waals surface area contributed by atoms with Crippen LogP contribution in [0.3, 0.4) is 0 Å². The van der Waals surface area contributed by atoms with Gasteiger partial charge in [0, 0.05) is 121 Å². The van der Waals surface area contributed by atoms with Gasteiger partial charge < -0.3 is 50.0 Å². The van der Waals surface area contributed by atoms with E-state index in [1.165, 1.54) is 4.88 Å². The Labute approximate surface area is 604 Å². The second kappa shape index (κ2) is 30.0. The Kier molecular flexibility index (Phi) is 20.6. The fourth-order valence-electron chi connectivity index (χ4n) is 14.4. The minimum absolute atomic E-state index is 0.0136. The number of furan rings is 1. The molecule has 4 aliphatic heterocycles. The van der Waals surface area contributed by atoms with Gasteiger partial charge in [-0.15, -0.1) is 22.7 Å². The first kappa shape index (κ1) is 70.6. The molecule has 12 aromatic rings. The average molecular weight is 1430 g/mol. The summed E-state index contributed by atoms with van der Waals surface area (Å²) in [6.07, 6.45) is 7.20. The molecule has 1 aromatic carbocycles. The number of methoxy groups -OCH3 is 1. The molecule has 29 heteroatoms. The lowest BCUT2D eigenvalue weighted by atomic mass is 10.1. The van der Waals surface area contributed by atoms with E-state index in [1.807, 2.05) is 121 Å². The van der Waals surface area contributed by atoms with Crippen molar-refractivity contribution in [3.63, 3.8) is 0 Å². The molecule has 0 saturated carbocycles. The number of aryl methyl sites for hydroxylation is 8. The number of rotatable bonds is 13. The molecule has 4 N–H and O–H groups in total. The Morgan fingerprint density at radius 3 is 1.19 bits per heavy atom. The van der Waals surface area contributed by atoms with Gasteiger partial charge in [-0.1, -0.05) is 6.07 Å². The molecule has 4 saturated heterocycles. The van der Waals surface area contributed by atoms with Gasteiger partial charge in [-0.3, -0.25) is 19.2 Å². The first-order valence-electron chi connectivity index (χ1n) is 34.7. The lowest BCUT2D eigenvalue weighted by molar-refractivity contribution is -0.120. The number of ether oxygens (including phenoxy) is 1. The van der Waals surface area contributed by atoms with Gasteiger partial charge in [0.1, 0.15) is 27.8 Å². The van der Waals surface area contributed by atoms with Crippen LogP contribution >= 0.6 is 22.7 Å². The first-order valence-corrected chi connectivity index (χ1v) is 36.5. The summed E-state index contributed by atoms with van der Waals surface area (Å²) >= 11 is 3.29. The summed E-state index contributed by atoms with van der Waals surface area (Å²) in [6, 6.07) is 24.9. The first-order chi connectivity index (χ1) is 49.5. The number of aromatic nitrogens is 13. The molecule has 4 fully saturated rings. The van der Waals surface area contributed by atoms with E-state index < -0.39 is 0 Å². The summed E-state index contributed by atoms with van der Waals surface area (Å²) in [6.45, 7) is 29.0. The van der Waals surface area contributed by atoms with Crippen LogP contribution in [0.15, 0.2) is 100 Å². The van der Waals surface area contributed by atoms with Crippen molar-refractivity contribution < 1.29 is 28.3 Å². The van der Waals surface area contributed by atoms with E-state index in [0.29, 0.717) is 0 Å². The zero-order valence-electron chi connectivity index (χ0n) is 60.4. The molecule has 0 aliphatic carbocycles. The molecule has 0 bridgehead atoms. The zero-order chi connectivity index (χ0) is 72.5. The standard InChI is InChI=1S/C21H25N5O2.C18H21N5O2.C18H21N5OS.C17H20N6OS/c1-13-11-19(25-10-9-17(12-25)23-15(3)27)21-22-14(2)20(26(21)24-13)16-5-7-18(28-4)8-6-16;2*1-11-9-15(22-7-6-14(10-22)20-13(3)24)18-19-12(2)17(23(18)21-11)16-5-4-8-25-16;1-10-8-14(22-6-4-13(9-22)20-12(3)24)16-19-11(2)15(23(16)21-10)17-18-5-7-25-17/h5-8,11,17H,9-10,12H2,1-4H3,(H,23,27);2*4-5,8-9,14H,6-7,10H2,1-3H3,(H,20,24);5,7-8,13H,4,6,9H2,1-3H3,(H,20,24)/t17-;2*14-;13-/m1111/s1. The number of nitrogens with one attached hydrogen (secondary N) is 4. The Morgan fingerprint density at radius 2 is 0.835 bits per heavy atom. The highest BCUT2D eigenvalue weighted by atomic mass is 32.1. The van der Waals surface area contributed by atoms with Gasteiger partial charge in [-0.05, 0) is 153 Å². The van der Waals surface area contributed by atoms with E-state index in [0.717, 1.165) is 214 Å². The molecule has 0 unspecified atom stereocenters. The third-order valence-corrected chi connectivity index (χ3v) is 20.4. The van der Waals surface area contributed by atoms with Gasteiger partial charge in [0.05, 0.1) is 92.2 Å². The number of hydrogen-bond donors (Lipinski definition) is 4. The maximum atomic E-state index is 11.4. The lowest BCUT2D eigenvalue weighted by Gasteiger charge is -2.20. The van der Waals surface area contributed by atoms with Gasteiger partial charge >= 0.3 is 0 Å². The van der Waals surface area contributed by atoms with Gasteiger partial charge in [-0.25, -0.2) is 43.0 Å². The molecular weight excluding hydrogens is 1340 g/mol. The number of thiazole rings is 1. The van der Waals surface area contributed by atoms with Crippen LogP contribution in [0, 0.1) is 55.4 Å². The monoisotopic (exact) mass is 1430 g/mol. The SMILES string of the molecule is CC(=O)N[C@@H]1CCN(c2cc(C)nn3c(-c4ccco4)c(C)nc23)C1.CC(=O)N[C@@H]1CCN(c2cc(C)nn3c(-c4cccs4)c(C)nc23)C1.CC(=O)N[C@@H]1CCN(c2cc(C)nn3c(-c4nccs4)c(C)nc23)C1.COc1ccc(-c2c(C)nc3c(N4CC[C@@H](NC(C)=O)C4)cc(C)nn23)cc1. The van der Waals surface area contributed by atoms with Crippen LogP contribution in [0.5, 0.6) is 5.75 Å². The smallest absolute Gasteiger partial charge is 0.217 e. The van der Waals surface area contributed by atoms with Crippen LogP contribution in [0.25, 0.3) is 66.6 Å². The summed E-state index contributed by atoms with van der Waals surface area (Å²) in [5.74, 6) is 1.65. The fourth-order valence-corrected chi connectivity index (χ4v) is 16.0. The number of imidazole rings is 4. The predicted octanol–water partition coefficient (Wildman–Crippen LogP) is 10.0. The van der Waals surface area contributed by atoms with Gasteiger partial charge in [-0.2, -0.15) is 20.4 Å². The van der Waals surface area contributed by atoms with Crippen LogP contribution in [0.4, 0.5) is 22.7 Å². The van der Waals surface area contributed by atoms with Crippen molar-refractivity contribution in [2.45, 2.75) is 133 Å². The summed E-state index contributed by atoms with van der Waals surface area (Å²) in [5.41, 5.74) is 20.0. The molecule has 27 nitrogen and oxygen atoms in total. The normalized spacial score (nSPS) is 17.2. The minimum atomic E-state index is 0.0136. The average Bonchev–Trinajstić information content (AvgIpc) is 1.61. The molecule has 536 valence electrons. The molecule has 15 heterocycles. The highest BCUT2D eigenvalue weighted by Gasteiger charge is 2.32. The molecule has 4 aliphatic rings. The van der Waals surface area contributed by atoms with Gasteiger partial charge in [0.15, 0.2) is 28.3 Å². The highest BCUT2D eigenvalue weighted by molar-refractivity contribution is 7.13. The summed E-state index contributed by atoms with van der Waals surface area (Å²) in [4.78, 5) is 79.3. The second-order valence-electron chi connectivity index (χ2n) is 26.9. The molecule has 0 radical (unpaired) electrons. The maximum absolute atomic E-state index is 11.4. The minimum Gasteiger partial charge on any atom is -0.497 e. The van der Waals surface area contributed by atoms with E-state index in [2.05, 4.69) is 91.8 Å².